The fraction of sp³-hybridized carbons (Fsp3) is 0.273. The largest absolute Gasteiger partial charge is 0.252 e. The van der Waals surface area contributed by atoms with Crippen molar-refractivity contribution in [3.05, 3.63) is 76.6 Å². The number of rotatable bonds is 2. The zero-order chi connectivity index (χ0) is 18.4. The van der Waals surface area contributed by atoms with Gasteiger partial charge < -0.3 is 0 Å². The maximum atomic E-state index is 13.5. The van der Waals surface area contributed by atoms with E-state index in [1.54, 1.807) is 6.08 Å². The van der Waals surface area contributed by atoms with Crippen LogP contribution in [0.4, 0.5) is 14.5 Å². The summed E-state index contributed by atoms with van der Waals surface area (Å²) in [5.41, 5.74) is 7.13. The first-order valence-corrected chi connectivity index (χ1v) is 8.62. The second-order valence-corrected chi connectivity index (χ2v) is 5.89. The molecule has 0 radical (unpaired) electrons. The van der Waals surface area contributed by atoms with Crippen molar-refractivity contribution in [1.29, 1.82) is 0 Å². The van der Waals surface area contributed by atoms with Gasteiger partial charge in [-0.3, -0.25) is 4.99 Å². The number of fused-ring (bicyclic) bond motifs is 1. The number of hydrogen-bond donors (Lipinski definition) is 0. The molecule has 0 saturated heterocycles. The lowest BCUT2D eigenvalue weighted by atomic mass is 9.98. The van der Waals surface area contributed by atoms with Crippen LogP contribution in [0, 0.1) is 17.6 Å². The molecule has 0 fully saturated rings. The van der Waals surface area contributed by atoms with Gasteiger partial charge in [0.05, 0.1) is 11.4 Å². The summed E-state index contributed by atoms with van der Waals surface area (Å²) >= 11 is 0. The van der Waals surface area contributed by atoms with Crippen molar-refractivity contribution in [2.45, 2.75) is 34.1 Å². The van der Waals surface area contributed by atoms with Crippen molar-refractivity contribution in [3.63, 3.8) is 0 Å². The van der Waals surface area contributed by atoms with Crippen LogP contribution >= 0.6 is 0 Å². The van der Waals surface area contributed by atoms with Crippen LogP contribution in [-0.4, -0.2) is 5.71 Å². The zero-order valence-corrected chi connectivity index (χ0v) is 15.1. The summed E-state index contributed by atoms with van der Waals surface area (Å²) in [7, 11) is 0. The van der Waals surface area contributed by atoms with Crippen molar-refractivity contribution in [1.82, 2.24) is 0 Å². The molecule has 0 spiro atoms. The molecule has 0 saturated carbocycles. The molecule has 3 rings (SSSR count). The molecule has 25 heavy (non-hydrogen) atoms. The third kappa shape index (κ3) is 4.52. The third-order valence-corrected chi connectivity index (χ3v) is 3.86. The average molecular weight is 339 g/mol. The lowest BCUT2D eigenvalue weighted by Crippen LogP contribution is -2.01. The van der Waals surface area contributed by atoms with Crippen LogP contribution in [0.3, 0.4) is 0 Å². The highest BCUT2D eigenvalue weighted by molar-refractivity contribution is 6.06. The first-order chi connectivity index (χ1) is 12.0. The lowest BCUT2D eigenvalue weighted by molar-refractivity contribution is 0.509. The van der Waals surface area contributed by atoms with Gasteiger partial charge >= 0.3 is 0 Å². The standard InChI is InChI=1S/C20H17F2N.C2H6/c1-13(2)14-6-3-4-7-15(10-14)19-9-5-8-16-11-17(21)18(22)12-20(16)23-19;1-2/h4-8,10-13H,9H2,1-2H3;1-2H3. The average Bonchev–Trinajstić information content (AvgIpc) is 2.96. The van der Waals surface area contributed by atoms with Crippen molar-refractivity contribution in [3.8, 4) is 0 Å². The SMILES string of the molecule is CC.CC(C)C1=CC(C2=Nc3cc(F)c(F)cc3C=CC2)=CC=C=C1. The number of nitrogens with zero attached hydrogens (tertiary/aromatic N) is 1. The molecule has 1 aromatic rings. The van der Waals surface area contributed by atoms with E-state index in [1.165, 1.54) is 6.07 Å². The first-order valence-electron chi connectivity index (χ1n) is 8.62. The van der Waals surface area contributed by atoms with Crippen molar-refractivity contribution in [2.24, 2.45) is 10.9 Å². The Labute approximate surface area is 148 Å². The van der Waals surface area contributed by atoms with Gasteiger partial charge in [-0.05, 0) is 47.4 Å². The Hall–Kier alpha value is -2.51. The van der Waals surface area contributed by atoms with E-state index in [0.717, 1.165) is 22.9 Å². The maximum Gasteiger partial charge on any atom is 0.161 e. The van der Waals surface area contributed by atoms with Crippen LogP contribution in [0.5, 0.6) is 0 Å². The van der Waals surface area contributed by atoms with Crippen molar-refractivity contribution in [2.75, 3.05) is 0 Å². The van der Waals surface area contributed by atoms with Gasteiger partial charge in [-0.25, -0.2) is 8.78 Å². The van der Waals surface area contributed by atoms with Crippen LogP contribution in [0.25, 0.3) is 6.08 Å². The predicted octanol–water partition coefficient (Wildman–Crippen LogP) is 6.71. The Balaban J connectivity index is 0.00000109. The molecule has 1 heterocycles. The van der Waals surface area contributed by atoms with Crippen LogP contribution in [0.15, 0.2) is 64.4 Å². The molecule has 1 aromatic carbocycles. The summed E-state index contributed by atoms with van der Waals surface area (Å²) in [5.74, 6) is -1.36. The Morgan fingerprint density at radius 2 is 1.84 bits per heavy atom. The van der Waals surface area contributed by atoms with E-state index in [-0.39, 0.29) is 0 Å². The molecular weight excluding hydrogens is 316 g/mol. The summed E-state index contributed by atoms with van der Waals surface area (Å²) in [5, 5.41) is 0. The van der Waals surface area contributed by atoms with Gasteiger partial charge in [0.1, 0.15) is 0 Å². The van der Waals surface area contributed by atoms with Gasteiger partial charge in [0.2, 0.25) is 0 Å². The number of halogens is 2. The number of hydrogen-bond acceptors (Lipinski definition) is 1. The van der Waals surface area contributed by atoms with E-state index in [1.807, 2.05) is 38.2 Å². The van der Waals surface area contributed by atoms with E-state index in [4.69, 9.17) is 0 Å². The Morgan fingerprint density at radius 3 is 2.56 bits per heavy atom. The minimum Gasteiger partial charge on any atom is -0.252 e. The van der Waals surface area contributed by atoms with Crippen molar-refractivity contribution < 1.29 is 8.78 Å². The quantitative estimate of drug-likeness (QED) is 0.531. The summed E-state index contributed by atoms with van der Waals surface area (Å²) in [6.45, 7) is 8.24. The smallest absolute Gasteiger partial charge is 0.161 e. The first kappa shape index (κ1) is 18.8. The van der Waals surface area contributed by atoms with Crippen LogP contribution < -0.4 is 0 Å². The third-order valence-electron chi connectivity index (χ3n) is 3.86. The number of aliphatic imine (C=N–C) groups is 1. The minimum absolute atomic E-state index is 0.373. The highest BCUT2D eigenvalue weighted by Gasteiger charge is 2.14. The highest BCUT2D eigenvalue weighted by atomic mass is 19.2. The van der Waals surface area contributed by atoms with E-state index >= 15 is 0 Å². The van der Waals surface area contributed by atoms with E-state index in [0.29, 0.717) is 23.6 Å². The van der Waals surface area contributed by atoms with E-state index in [2.05, 4.69) is 30.6 Å². The Kier molecular flexibility index (Phi) is 6.44. The molecule has 0 unspecified atom stereocenters. The Bertz CT molecular complexity index is 830. The van der Waals surface area contributed by atoms with Gasteiger partial charge in [0.25, 0.3) is 0 Å². The minimum atomic E-state index is -0.878. The second-order valence-electron chi connectivity index (χ2n) is 5.89. The van der Waals surface area contributed by atoms with Crippen molar-refractivity contribution >= 4 is 17.5 Å². The van der Waals surface area contributed by atoms with E-state index in [9.17, 15) is 8.78 Å². The van der Waals surface area contributed by atoms with Gasteiger partial charge in [-0.15, -0.1) is 5.73 Å². The molecule has 130 valence electrons. The van der Waals surface area contributed by atoms with Crippen LogP contribution in [-0.2, 0) is 0 Å². The molecule has 0 atom stereocenters. The summed E-state index contributed by atoms with van der Waals surface area (Å²) in [4.78, 5) is 4.57. The molecule has 0 aromatic heterocycles. The second kappa shape index (κ2) is 8.55. The fourth-order valence-corrected chi connectivity index (χ4v) is 2.52. The normalized spacial score (nSPS) is 15.4. The zero-order valence-electron chi connectivity index (χ0n) is 15.1. The van der Waals surface area contributed by atoms with Gasteiger partial charge in [-0.1, -0.05) is 39.8 Å². The maximum absolute atomic E-state index is 13.5. The molecule has 0 amide bonds. The topological polar surface area (TPSA) is 12.4 Å². The summed E-state index contributed by atoms with van der Waals surface area (Å²) in [6.07, 6.45) is 12.2. The molecule has 3 heteroatoms. The highest BCUT2D eigenvalue weighted by Crippen LogP contribution is 2.29. The molecule has 2 aliphatic rings. The van der Waals surface area contributed by atoms with E-state index < -0.39 is 11.6 Å². The van der Waals surface area contributed by atoms with Crippen LogP contribution in [0.1, 0.15) is 39.7 Å². The summed E-state index contributed by atoms with van der Waals surface area (Å²) in [6, 6.07) is 2.34. The summed E-state index contributed by atoms with van der Waals surface area (Å²) < 4.78 is 26.9. The van der Waals surface area contributed by atoms with Crippen LogP contribution in [0.2, 0.25) is 0 Å². The lowest BCUT2D eigenvalue weighted by Gasteiger charge is -2.09. The molecule has 1 aliphatic heterocycles. The Morgan fingerprint density at radius 1 is 1.12 bits per heavy atom. The molecule has 1 nitrogen and oxygen atoms in total. The fourth-order valence-electron chi connectivity index (χ4n) is 2.52. The van der Waals surface area contributed by atoms with Gasteiger partial charge in [0, 0.05) is 18.1 Å². The molecule has 0 bridgehead atoms. The molecule has 0 N–H and O–H groups in total. The number of allylic oxidation sites excluding steroid dienone is 6. The van der Waals surface area contributed by atoms with Gasteiger partial charge in [-0.2, -0.15) is 0 Å². The molecular formula is C22H23F2N. The van der Waals surface area contributed by atoms with Gasteiger partial charge in [0.15, 0.2) is 11.6 Å². The molecule has 1 aliphatic carbocycles. The predicted molar refractivity (Wildman–Crippen MR) is 102 cm³/mol. The number of benzene rings is 1. The monoisotopic (exact) mass is 339 g/mol.